The van der Waals surface area contributed by atoms with Gasteiger partial charge in [-0.3, -0.25) is 14.9 Å². The molecule has 2 unspecified atom stereocenters. The van der Waals surface area contributed by atoms with E-state index in [0.29, 0.717) is 58.1 Å². The number of rotatable bonds is 11. The number of piperazine rings is 1. The third-order valence-corrected chi connectivity index (χ3v) is 11.8. The highest BCUT2D eigenvalue weighted by molar-refractivity contribution is 6.34. The number of hydrogen-bond acceptors (Lipinski definition) is 15. The summed E-state index contributed by atoms with van der Waals surface area (Å²) in [6, 6.07) is 22.0. The van der Waals surface area contributed by atoms with Crippen molar-refractivity contribution >= 4 is 84.9 Å². The van der Waals surface area contributed by atoms with Gasteiger partial charge in [0.1, 0.15) is 33.8 Å². The standard InChI is InChI=1S/C24H24FN5O3.C17H21FN2O3.C8H5ClN2.2CH4.ClH/c25-16-3-4-22-19(12-16)21(13-23(32)33-22)28-14-17(31)15-29-8-10-30(11-9-29)24-18-2-1-6-26-20(18)5-7-27-24;18-12-4-5-16-14(8-12)15(9-17(22)23-16)19-10-13(21)11-20-6-2-1-3-7-20;9-8-6-2-1-4-10-7(6)3-5-11-8;;;/h1-7,12-13,17,28,31H,8-11,14-15H2;4-5,8-9,13,19,21H,1-3,6-7,10-11H2;1-5H;2*1H4;1H. The fourth-order valence-corrected chi connectivity index (χ4v) is 8.45. The van der Waals surface area contributed by atoms with Crippen molar-refractivity contribution < 1.29 is 27.8 Å². The zero-order chi connectivity index (χ0) is 46.7. The Kier molecular flexibility index (Phi) is 20.3. The van der Waals surface area contributed by atoms with E-state index in [1.54, 1.807) is 24.8 Å². The molecule has 6 aromatic heterocycles. The van der Waals surface area contributed by atoms with E-state index >= 15 is 0 Å². The first-order valence-corrected chi connectivity index (χ1v) is 22.5. The normalized spacial score (nSPS) is 14.7. The Balaban J connectivity index is 0.000000214. The highest BCUT2D eigenvalue weighted by Gasteiger charge is 2.22. The summed E-state index contributed by atoms with van der Waals surface area (Å²) in [7, 11) is 0. The van der Waals surface area contributed by atoms with Crippen molar-refractivity contribution in [2.45, 2.75) is 46.3 Å². The van der Waals surface area contributed by atoms with Gasteiger partial charge >= 0.3 is 11.3 Å². The van der Waals surface area contributed by atoms with Gasteiger partial charge in [0, 0.05) is 111 Å². The van der Waals surface area contributed by atoms with E-state index in [1.165, 1.54) is 67.8 Å². The summed E-state index contributed by atoms with van der Waals surface area (Å²) < 4.78 is 37.2. The molecule has 19 heteroatoms. The van der Waals surface area contributed by atoms with Crippen LogP contribution in [0.5, 0.6) is 0 Å². The molecule has 372 valence electrons. The number of piperidine rings is 1. The SMILES string of the molecule is C.C.Cl.Clc1nccc2ncccc12.O=c1cc(NCC(O)CN2CCCCC2)c2cc(F)ccc2o1.O=c1cc(NCC(O)CN2CCN(c3nccc4ncccc34)CC2)c2cc(F)ccc2o1. The molecule has 8 aromatic rings. The van der Waals surface area contributed by atoms with Gasteiger partial charge < -0.3 is 39.5 Å². The minimum atomic E-state index is -0.660. The summed E-state index contributed by atoms with van der Waals surface area (Å²) >= 11 is 5.81. The number of fused-ring (bicyclic) bond motifs is 4. The summed E-state index contributed by atoms with van der Waals surface area (Å²) in [5, 5.41) is 30.3. The number of β-amino-alcohol motifs (C(OH)–C–C–N with tert-alkyl or cyclic N) is 2. The topological polar surface area (TPSA) is 186 Å². The van der Waals surface area contributed by atoms with Crippen LogP contribution in [0.4, 0.5) is 26.0 Å². The second-order valence-electron chi connectivity index (χ2n) is 16.3. The van der Waals surface area contributed by atoms with Gasteiger partial charge in [0.15, 0.2) is 0 Å². The van der Waals surface area contributed by atoms with Crippen molar-refractivity contribution in [3.05, 3.63) is 147 Å². The predicted molar refractivity (Wildman–Crippen MR) is 278 cm³/mol. The Morgan fingerprint density at radius 2 is 1.07 bits per heavy atom. The predicted octanol–water partition coefficient (Wildman–Crippen LogP) is 8.64. The first-order chi connectivity index (χ1) is 32.6. The van der Waals surface area contributed by atoms with Gasteiger partial charge in [0.25, 0.3) is 0 Å². The minimum absolute atomic E-state index is 0. The summed E-state index contributed by atoms with van der Waals surface area (Å²) in [5.41, 5.74) is 2.33. The number of nitrogens with zero attached hydrogens (tertiary/aromatic N) is 7. The minimum Gasteiger partial charge on any atom is -0.423 e. The quantitative estimate of drug-likeness (QED) is 0.0712. The molecule has 0 aliphatic carbocycles. The van der Waals surface area contributed by atoms with Gasteiger partial charge in [-0.25, -0.2) is 28.3 Å². The van der Waals surface area contributed by atoms with Gasteiger partial charge in [-0.1, -0.05) is 32.9 Å². The summed E-state index contributed by atoms with van der Waals surface area (Å²) in [4.78, 5) is 47.1. The van der Waals surface area contributed by atoms with Crippen LogP contribution in [0.25, 0.3) is 43.7 Å². The van der Waals surface area contributed by atoms with Crippen LogP contribution >= 0.6 is 24.0 Å². The fraction of sp³-hybridized carbons (Fsp3) is 0.333. The number of aliphatic hydroxyl groups excluding tert-OH is 2. The largest absolute Gasteiger partial charge is 0.423 e. The van der Waals surface area contributed by atoms with Crippen LogP contribution in [-0.4, -0.2) is 118 Å². The molecule has 70 heavy (non-hydrogen) atoms. The molecule has 2 saturated heterocycles. The van der Waals surface area contributed by atoms with E-state index in [9.17, 15) is 28.6 Å². The van der Waals surface area contributed by atoms with Crippen molar-refractivity contribution in [1.82, 2.24) is 29.7 Å². The van der Waals surface area contributed by atoms with E-state index in [-0.39, 0.29) is 33.8 Å². The maximum Gasteiger partial charge on any atom is 0.338 e. The Labute approximate surface area is 415 Å². The molecule has 2 atom stereocenters. The van der Waals surface area contributed by atoms with Crippen molar-refractivity contribution in [3.8, 4) is 0 Å². The molecule has 0 saturated carbocycles. The van der Waals surface area contributed by atoms with Gasteiger partial charge in [0.2, 0.25) is 0 Å². The molecule has 4 N–H and O–H groups in total. The molecule has 15 nitrogen and oxygen atoms in total. The van der Waals surface area contributed by atoms with Crippen LogP contribution in [-0.2, 0) is 0 Å². The molecular weight excluding hydrogens is 944 g/mol. The van der Waals surface area contributed by atoms with Gasteiger partial charge in [-0.15, -0.1) is 12.4 Å². The molecule has 8 heterocycles. The number of hydrogen-bond donors (Lipinski definition) is 4. The molecular formula is C51H59Cl2F2N9O6. The number of halogens is 4. The fourth-order valence-electron chi connectivity index (χ4n) is 8.23. The van der Waals surface area contributed by atoms with Crippen LogP contribution in [0.1, 0.15) is 34.1 Å². The third kappa shape index (κ3) is 14.4. The van der Waals surface area contributed by atoms with Crippen LogP contribution in [0.2, 0.25) is 5.15 Å². The third-order valence-electron chi connectivity index (χ3n) is 11.5. The van der Waals surface area contributed by atoms with Crippen LogP contribution < -0.4 is 26.8 Å². The molecule has 2 fully saturated rings. The number of likely N-dealkylation sites (tertiary alicyclic amines) is 1. The summed E-state index contributed by atoms with van der Waals surface area (Å²) in [6.07, 6.45) is 9.33. The molecule has 2 aliphatic heterocycles. The Hall–Kier alpha value is -6.34. The average Bonchev–Trinajstić information content (AvgIpc) is 3.34. The van der Waals surface area contributed by atoms with Crippen molar-refractivity contribution in [1.29, 1.82) is 0 Å². The number of nitrogens with one attached hydrogen (secondary N) is 2. The summed E-state index contributed by atoms with van der Waals surface area (Å²) in [6.45, 7) is 6.81. The zero-order valence-electron chi connectivity index (χ0n) is 36.9. The van der Waals surface area contributed by atoms with Crippen molar-refractivity contribution in [3.63, 3.8) is 0 Å². The van der Waals surface area contributed by atoms with Crippen LogP contribution in [0, 0.1) is 11.6 Å². The number of aliphatic hydroxyl groups is 2. The Bertz CT molecular complexity index is 3050. The van der Waals surface area contributed by atoms with Crippen LogP contribution in [0.15, 0.2) is 128 Å². The molecule has 2 aromatic carbocycles. The van der Waals surface area contributed by atoms with Crippen LogP contribution in [0.3, 0.4) is 0 Å². The average molecular weight is 1000 g/mol. The molecule has 2 aliphatic rings. The molecule has 0 amide bonds. The molecule has 10 rings (SSSR count). The van der Waals surface area contributed by atoms with Crippen molar-refractivity contribution in [2.75, 3.05) is 81.0 Å². The number of anilines is 3. The lowest BCUT2D eigenvalue weighted by atomic mass is 10.1. The number of benzene rings is 2. The second-order valence-corrected chi connectivity index (χ2v) is 16.7. The number of pyridine rings is 4. The van der Waals surface area contributed by atoms with E-state index in [1.807, 2.05) is 36.4 Å². The highest BCUT2D eigenvalue weighted by atomic mass is 35.5. The van der Waals surface area contributed by atoms with Gasteiger partial charge in [-0.05, 0) is 98.7 Å². The molecule has 0 bridgehead atoms. The Morgan fingerprint density at radius 1 is 0.586 bits per heavy atom. The summed E-state index contributed by atoms with van der Waals surface area (Å²) in [5.74, 6) is 0.113. The lowest BCUT2D eigenvalue weighted by Gasteiger charge is -2.36. The van der Waals surface area contributed by atoms with E-state index in [2.05, 4.69) is 45.3 Å². The van der Waals surface area contributed by atoms with Gasteiger partial charge in [0.05, 0.1) is 34.6 Å². The first kappa shape index (κ1) is 54.6. The lowest BCUT2D eigenvalue weighted by molar-refractivity contribution is 0.110. The maximum absolute atomic E-state index is 13.7. The van der Waals surface area contributed by atoms with E-state index < -0.39 is 35.1 Å². The monoisotopic (exact) mass is 1000 g/mol. The maximum atomic E-state index is 13.7. The number of aromatic nitrogens is 4. The molecule has 0 spiro atoms. The van der Waals surface area contributed by atoms with E-state index in [4.69, 9.17) is 20.4 Å². The lowest BCUT2D eigenvalue weighted by Crippen LogP contribution is -2.49. The molecule has 0 radical (unpaired) electrons. The van der Waals surface area contributed by atoms with Crippen molar-refractivity contribution in [2.24, 2.45) is 0 Å². The highest BCUT2D eigenvalue weighted by Crippen LogP contribution is 2.26. The first-order valence-electron chi connectivity index (χ1n) is 22.1. The van der Waals surface area contributed by atoms with Gasteiger partial charge in [-0.2, -0.15) is 0 Å². The second kappa shape index (κ2) is 26.0. The zero-order valence-corrected chi connectivity index (χ0v) is 38.5. The van der Waals surface area contributed by atoms with E-state index in [0.717, 1.165) is 66.9 Å². The Morgan fingerprint density at radius 3 is 1.60 bits per heavy atom. The smallest absolute Gasteiger partial charge is 0.338 e.